The molecule has 0 saturated heterocycles. The summed E-state index contributed by atoms with van der Waals surface area (Å²) in [5.74, 6) is 0. The van der Waals surface area contributed by atoms with Crippen LogP contribution in [-0.2, 0) is 9.47 Å². The number of halogens is 1. The van der Waals surface area contributed by atoms with Gasteiger partial charge in [0.25, 0.3) is 0 Å². The van der Waals surface area contributed by atoms with Crippen molar-refractivity contribution in [2.24, 2.45) is 0 Å². The van der Waals surface area contributed by atoms with E-state index in [-0.39, 0.29) is 46.3 Å². The molecule has 1 unspecified atom stereocenters. The molecule has 0 rings (SSSR count). The maximum absolute atomic E-state index is 5.15. The fourth-order valence-electron chi connectivity index (χ4n) is 0.532. The second kappa shape index (κ2) is 13.7. The molecule has 0 aromatic carbocycles. The van der Waals surface area contributed by atoms with Crippen molar-refractivity contribution >= 4 is 23.1 Å². The monoisotopic (exact) mass is 234 g/mol. The summed E-state index contributed by atoms with van der Waals surface area (Å²) in [4.78, 5) is 0. The summed E-state index contributed by atoms with van der Waals surface area (Å²) in [6.45, 7) is 8.86. The quantitative estimate of drug-likeness (QED) is 0.319. The van der Waals surface area contributed by atoms with Crippen molar-refractivity contribution < 1.29 is 26.5 Å². The van der Waals surface area contributed by atoms with Crippen molar-refractivity contribution in [3.05, 3.63) is 6.92 Å². The van der Waals surface area contributed by atoms with E-state index >= 15 is 0 Å². The van der Waals surface area contributed by atoms with Gasteiger partial charge in [0.15, 0.2) is 6.29 Å². The number of rotatable bonds is 5. The molecule has 0 aliphatic carbocycles. The second-order valence-electron chi connectivity index (χ2n) is 1.75. The van der Waals surface area contributed by atoms with Gasteiger partial charge in [-0.1, -0.05) is 0 Å². The molecule has 0 radical (unpaired) electrons. The minimum absolute atomic E-state index is 0. The van der Waals surface area contributed by atoms with Crippen LogP contribution in [0.3, 0.4) is 0 Å². The molecule has 0 spiro atoms. The van der Waals surface area contributed by atoms with Gasteiger partial charge >= 0.3 is 23.1 Å². The van der Waals surface area contributed by atoms with Crippen LogP contribution >= 0.6 is 0 Å². The van der Waals surface area contributed by atoms with Crippen LogP contribution < -0.4 is 17.0 Å². The van der Waals surface area contributed by atoms with Crippen molar-refractivity contribution in [2.45, 2.75) is 26.6 Å². The third kappa shape index (κ3) is 14.1. The molecule has 0 amide bonds. The van der Waals surface area contributed by atoms with E-state index in [4.69, 9.17) is 9.47 Å². The molecule has 0 aromatic heterocycles. The predicted molar refractivity (Wildman–Crippen MR) is 42.8 cm³/mol. The Bertz CT molecular complexity index is 64.4. The van der Waals surface area contributed by atoms with E-state index in [1.165, 1.54) is 0 Å². The van der Waals surface area contributed by atoms with Gasteiger partial charge in [-0.2, -0.15) is 6.42 Å². The Labute approximate surface area is 95.9 Å². The van der Waals surface area contributed by atoms with Crippen molar-refractivity contribution in [1.82, 2.24) is 0 Å². The van der Waals surface area contributed by atoms with Crippen LogP contribution in [0, 0.1) is 6.92 Å². The molecule has 0 saturated carbocycles. The maximum atomic E-state index is 5.15. The van der Waals surface area contributed by atoms with Crippen LogP contribution in [0.15, 0.2) is 0 Å². The molecule has 1 atom stereocenters. The number of hydrogen-bond donors (Lipinski definition) is 0. The Morgan fingerprint density at radius 3 is 2.27 bits per heavy atom. The Morgan fingerprint density at radius 2 is 1.91 bits per heavy atom. The molecule has 4 heteroatoms. The van der Waals surface area contributed by atoms with Crippen molar-refractivity contribution in [2.75, 3.05) is 13.2 Å². The summed E-state index contributed by atoms with van der Waals surface area (Å²) >= 11 is 0. The van der Waals surface area contributed by atoms with Gasteiger partial charge < -0.3 is 33.4 Å². The first-order valence-corrected chi connectivity index (χ1v) is 3.33. The minimum atomic E-state index is -0.0725. The number of hydrogen-bond acceptors (Lipinski definition) is 2. The fraction of sp³-hybridized carbons (Fsp3) is 0.857. The van der Waals surface area contributed by atoms with E-state index in [1.807, 2.05) is 13.8 Å². The molecule has 0 aromatic rings. The third-order valence-electron chi connectivity index (χ3n) is 0.898. The molecule has 0 heterocycles. The molecule has 64 valence electrons. The van der Waals surface area contributed by atoms with E-state index in [1.54, 1.807) is 0 Å². The van der Waals surface area contributed by atoms with Crippen molar-refractivity contribution in [1.29, 1.82) is 0 Å². The molecule has 0 aliphatic heterocycles. The van der Waals surface area contributed by atoms with E-state index in [0.717, 1.165) is 6.42 Å². The van der Waals surface area contributed by atoms with E-state index in [2.05, 4.69) is 6.92 Å². The van der Waals surface area contributed by atoms with Crippen LogP contribution in [0.4, 0.5) is 0 Å². The maximum Gasteiger partial charge on any atom is 2.00 e. The molecule has 2 nitrogen and oxygen atoms in total. The van der Waals surface area contributed by atoms with Gasteiger partial charge in [0.05, 0.1) is 0 Å². The Kier molecular flexibility index (Phi) is 22.5. The van der Waals surface area contributed by atoms with Gasteiger partial charge in [0.1, 0.15) is 0 Å². The topological polar surface area (TPSA) is 18.5 Å². The van der Waals surface area contributed by atoms with Crippen LogP contribution in [0.2, 0.25) is 0 Å². The Hall–Kier alpha value is 1.17. The largest absolute Gasteiger partial charge is 2.00 e. The minimum Gasteiger partial charge on any atom is -1.00 e. The fourth-order valence-corrected chi connectivity index (χ4v) is 0.532. The first-order valence-electron chi connectivity index (χ1n) is 3.33. The summed E-state index contributed by atoms with van der Waals surface area (Å²) < 4.78 is 10.2. The molecular formula is C7H15BrMgO2. The summed E-state index contributed by atoms with van der Waals surface area (Å²) in [5, 5.41) is 0. The zero-order valence-electron chi connectivity index (χ0n) is 7.31. The van der Waals surface area contributed by atoms with Crippen LogP contribution in [0.1, 0.15) is 20.3 Å². The van der Waals surface area contributed by atoms with Crippen LogP contribution in [-0.4, -0.2) is 42.6 Å². The van der Waals surface area contributed by atoms with Crippen LogP contribution in [0.25, 0.3) is 0 Å². The summed E-state index contributed by atoms with van der Waals surface area (Å²) in [6, 6.07) is 0. The Balaban J connectivity index is -0.000000320. The van der Waals surface area contributed by atoms with Crippen molar-refractivity contribution in [3.8, 4) is 0 Å². The molecule has 11 heavy (non-hydrogen) atoms. The van der Waals surface area contributed by atoms with Crippen LogP contribution in [0.5, 0.6) is 0 Å². The van der Waals surface area contributed by atoms with Gasteiger partial charge in [-0.25, -0.2) is 0 Å². The molecule has 0 aliphatic rings. The smallest absolute Gasteiger partial charge is 1.00 e. The van der Waals surface area contributed by atoms with E-state index in [9.17, 15) is 0 Å². The average Bonchev–Trinajstić information content (AvgIpc) is 1.85. The summed E-state index contributed by atoms with van der Waals surface area (Å²) in [6.07, 6.45) is 0.731. The van der Waals surface area contributed by atoms with Gasteiger partial charge in [-0.3, -0.25) is 0 Å². The first-order chi connectivity index (χ1) is 4.31. The number of ether oxygens (including phenoxy) is 2. The zero-order valence-corrected chi connectivity index (χ0v) is 10.3. The molecule has 0 N–H and O–H groups in total. The van der Waals surface area contributed by atoms with E-state index in [0.29, 0.717) is 13.2 Å². The summed E-state index contributed by atoms with van der Waals surface area (Å²) in [5.41, 5.74) is 0. The predicted octanol–water partition coefficient (Wildman–Crippen LogP) is -1.77. The van der Waals surface area contributed by atoms with Crippen molar-refractivity contribution in [3.63, 3.8) is 0 Å². The van der Waals surface area contributed by atoms with Gasteiger partial charge in [0.2, 0.25) is 0 Å². The zero-order chi connectivity index (χ0) is 7.11. The first kappa shape index (κ1) is 18.1. The molecule has 0 bridgehead atoms. The molecular weight excluding hydrogens is 220 g/mol. The summed E-state index contributed by atoms with van der Waals surface area (Å²) in [7, 11) is 0. The second-order valence-corrected chi connectivity index (χ2v) is 1.75. The van der Waals surface area contributed by atoms with Gasteiger partial charge in [0, 0.05) is 13.2 Å². The average molecular weight is 235 g/mol. The van der Waals surface area contributed by atoms with Gasteiger partial charge in [-0.05, 0) is 13.8 Å². The standard InChI is InChI=1S/C7H15O2.BrH.Mg/c1-4-6-9-7(3)8-5-2;;/h7H,1,4-6H2,2-3H3;1H;/q-1;;+2/p-1. The van der Waals surface area contributed by atoms with Gasteiger partial charge in [-0.15, -0.1) is 0 Å². The normalized spacial score (nSPS) is 11.2. The third-order valence-corrected chi connectivity index (χ3v) is 0.898. The molecule has 0 fully saturated rings. The Morgan fingerprint density at radius 1 is 1.36 bits per heavy atom. The van der Waals surface area contributed by atoms with E-state index < -0.39 is 0 Å². The SMILES string of the molecule is [Br-].[CH2-]CCOC(C)OCC.[Mg+2].